The second kappa shape index (κ2) is 5.51. The smallest absolute Gasteiger partial charge is 0.107 e. The third kappa shape index (κ3) is 2.15. The van der Waals surface area contributed by atoms with Gasteiger partial charge in [0.25, 0.3) is 0 Å². The van der Waals surface area contributed by atoms with Crippen LogP contribution in [0.25, 0.3) is 0 Å². The predicted octanol–water partition coefficient (Wildman–Crippen LogP) is 4.30. The van der Waals surface area contributed by atoms with E-state index in [4.69, 9.17) is 0 Å². The van der Waals surface area contributed by atoms with Gasteiger partial charge in [0, 0.05) is 0 Å². The molecule has 0 fully saturated rings. The van der Waals surface area contributed by atoms with Gasteiger partial charge in [0.2, 0.25) is 0 Å². The highest BCUT2D eigenvalue weighted by Gasteiger charge is 2.33. The molecule has 0 amide bonds. The van der Waals surface area contributed by atoms with E-state index in [1.807, 2.05) is 60.7 Å². The Morgan fingerprint density at radius 3 is 1.67 bits per heavy atom. The zero-order valence-electron chi connectivity index (χ0n) is 10.6. The zero-order chi connectivity index (χ0) is 12.8. The maximum Gasteiger partial charge on any atom is 0.107 e. The van der Waals surface area contributed by atoms with Crippen molar-refractivity contribution in [3.05, 3.63) is 71.8 Å². The summed E-state index contributed by atoms with van der Waals surface area (Å²) in [5, 5.41) is 9.76. The van der Waals surface area contributed by atoms with Crippen LogP contribution in [0.4, 0.5) is 0 Å². The summed E-state index contributed by atoms with van der Waals surface area (Å²) >= 11 is 0. The molecule has 0 spiro atoms. The van der Waals surface area contributed by atoms with Gasteiger partial charge in [-0.05, 0) is 17.5 Å². The Labute approximate surface area is 109 Å². The Balaban J connectivity index is 2.58. The molecule has 0 radical (unpaired) electrons. The van der Waals surface area contributed by atoms with Crippen LogP contribution in [-0.4, -0.2) is 0 Å². The average molecular weight is 235 g/mol. The Kier molecular flexibility index (Phi) is 3.79. The van der Waals surface area contributed by atoms with Crippen LogP contribution in [-0.2, 0) is 5.41 Å². The number of nitriles is 1. The largest absolute Gasteiger partial charge is 0.197 e. The predicted molar refractivity (Wildman–Crippen MR) is 74.2 cm³/mol. The average Bonchev–Trinajstić information content (AvgIpc) is 2.47. The Bertz CT molecular complexity index is 483. The molecule has 2 aromatic rings. The summed E-state index contributed by atoms with van der Waals surface area (Å²) in [5.41, 5.74) is 1.65. The lowest BCUT2D eigenvalue weighted by Gasteiger charge is -2.27. The highest BCUT2D eigenvalue weighted by Crippen LogP contribution is 2.35. The van der Waals surface area contributed by atoms with Gasteiger partial charge in [-0.1, -0.05) is 74.0 Å². The maximum absolute atomic E-state index is 9.76. The lowest BCUT2D eigenvalue weighted by Crippen LogP contribution is -2.25. The van der Waals surface area contributed by atoms with E-state index in [0.717, 1.165) is 24.0 Å². The molecule has 2 rings (SSSR count). The first-order valence-electron chi connectivity index (χ1n) is 6.36. The summed E-state index contributed by atoms with van der Waals surface area (Å²) < 4.78 is 0. The molecule has 0 bridgehead atoms. The SMILES string of the molecule is CCCC(C#N)(c1ccccc1)c1ccccc1. The molecule has 2 aromatic carbocycles. The van der Waals surface area contributed by atoms with Crippen molar-refractivity contribution in [2.45, 2.75) is 25.2 Å². The lowest BCUT2D eigenvalue weighted by atomic mass is 9.73. The number of hydrogen-bond donors (Lipinski definition) is 0. The van der Waals surface area contributed by atoms with Crippen LogP contribution in [0.15, 0.2) is 60.7 Å². The molecule has 0 aliphatic rings. The fourth-order valence-electron chi connectivity index (χ4n) is 2.46. The second-order valence-electron chi connectivity index (χ2n) is 4.50. The van der Waals surface area contributed by atoms with E-state index in [-0.39, 0.29) is 0 Å². The van der Waals surface area contributed by atoms with Crippen molar-refractivity contribution in [3.63, 3.8) is 0 Å². The van der Waals surface area contributed by atoms with Crippen LogP contribution in [0.1, 0.15) is 30.9 Å². The standard InChI is InChI=1S/C17H17N/c1-2-13-17(14-18,15-9-5-3-6-10-15)16-11-7-4-8-12-16/h3-12H,2,13H2,1H3. The normalized spacial score (nSPS) is 10.9. The fraction of sp³-hybridized carbons (Fsp3) is 0.235. The van der Waals surface area contributed by atoms with Gasteiger partial charge < -0.3 is 0 Å². The van der Waals surface area contributed by atoms with Crippen LogP contribution < -0.4 is 0 Å². The van der Waals surface area contributed by atoms with Gasteiger partial charge >= 0.3 is 0 Å². The minimum atomic E-state index is -0.517. The van der Waals surface area contributed by atoms with Gasteiger partial charge in [-0.25, -0.2) is 0 Å². The van der Waals surface area contributed by atoms with Crippen LogP contribution in [0.3, 0.4) is 0 Å². The van der Waals surface area contributed by atoms with Gasteiger partial charge in [0.05, 0.1) is 6.07 Å². The molecule has 18 heavy (non-hydrogen) atoms. The molecule has 0 aliphatic heterocycles. The van der Waals surface area contributed by atoms with Crippen LogP contribution in [0.5, 0.6) is 0 Å². The molecule has 0 aliphatic carbocycles. The van der Waals surface area contributed by atoms with Gasteiger partial charge in [0.1, 0.15) is 5.41 Å². The summed E-state index contributed by atoms with van der Waals surface area (Å²) in [6, 6.07) is 22.7. The molecule has 0 aromatic heterocycles. The van der Waals surface area contributed by atoms with E-state index in [2.05, 4.69) is 13.0 Å². The topological polar surface area (TPSA) is 23.8 Å². The Morgan fingerprint density at radius 1 is 0.889 bits per heavy atom. The molecule has 1 heteroatoms. The molecular formula is C17H17N. The van der Waals surface area contributed by atoms with Crippen LogP contribution in [0.2, 0.25) is 0 Å². The third-order valence-electron chi connectivity index (χ3n) is 3.35. The van der Waals surface area contributed by atoms with E-state index in [9.17, 15) is 5.26 Å². The van der Waals surface area contributed by atoms with E-state index >= 15 is 0 Å². The molecule has 1 nitrogen and oxygen atoms in total. The lowest BCUT2D eigenvalue weighted by molar-refractivity contribution is 0.582. The highest BCUT2D eigenvalue weighted by atomic mass is 14.4. The first kappa shape index (κ1) is 12.4. The molecule has 0 saturated heterocycles. The van der Waals surface area contributed by atoms with E-state index in [1.165, 1.54) is 0 Å². The first-order valence-corrected chi connectivity index (χ1v) is 6.36. The van der Waals surface area contributed by atoms with Gasteiger partial charge in [-0.15, -0.1) is 0 Å². The maximum atomic E-state index is 9.76. The summed E-state index contributed by atoms with van der Waals surface area (Å²) in [7, 11) is 0. The van der Waals surface area contributed by atoms with Crippen molar-refractivity contribution in [2.24, 2.45) is 0 Å². The van der Waals surface area contributed by atoms with Crippen molar-refractivity contribution < 1.29 is 0 Å². The summed E-state index contributed by atoms with van der Waals surface area (Å²) in [5.74, 6) is 0. The quantitative estimate of drug-likeness (QED) is 0.775. The minimum absolute atomic E-state index is 0.517. The second-order valence-corrected chi connectivity index (χ2v) is 4.50. The zero-order valence-corrected chi connectivity index (χ0v) is 10.6. The molecular weight excluding hydrogens is 218 g/mol. The van der Waals surface area contributed by atoms with Crippen molar-refractivity contribution in [1.82, 2.24) is 0 Å². The molecule has 90 valence electrons. The van der Waals surface area contributed by atoms with Crippen LogP contribution >= 0.6 is 0 Å². The van der Waals surface area contributed by atoms with Gasteiger partial charge in [-0.2, -0.15) is 5.26 Å². The van der Waals surface area contributed by atoms with Gasteiger partial charge in [-0.3, -0.25) is 0 Å². The number of nitrogens with zero attached hydrogens (tertiary/aromatic N) is 1. The molecule has 0 N–H and O–H groups in total. The van der Waals surface area contributed by atoms with Crippen LogP contribution in [0, 0.1) is 11.3 Å². The molecule has 0 saturated carbocycles. The fourth-order valence-corrected chi connectivity index (χ4v) is 2.46. The monoisotopic (exact) mass is 235 g/mol. The highest BCUT2D eigenvalue weighted by molar-refractivity contribution is 5.45. The van der Waals surface area contributed by atoms with Crippen molar-refractivity contribution in [2.75, 3.05) is 0 Å². The first-order chi connectivity index (χ1) is 8.83. The van der Waals surface area contributed by atoms with E-state index in [1.54, 1.807) is 0 Å². The Hall–Kier alpha value is -2.07. The molecule has 0 atom stereocenters. The van der Waals surface area contributed by atoms with Crippen molar-refractivity contribution in [1.29, 1.82) is 5.26 Å². The van der Waals surface area contributed by atoms with Crippen molar-refractivity contribution in [3.8, 4) is 6.07 Å². The number of rotatable bonds is 4. The summed E-state index contributed by atoms with van der Waals surface area (Å²) in [6.07, 6.45) is 1.83. The van der Waals surface area contributed by atoms with E-state index in [0.29, 0.717) is 0 Å². The third-order valence-corrected chi connectivity index (χ3v) is 3.35. The summed E-state index contributed by atoms with van der Waals surface area (Å²) in [4.78, 5) is 0. The summed E-state index contributed by atoms with van der Waals surface area (Å²) in [6.45, 7) is 2.12. The van der Waals surface area contributed by atoms with Crippen molar-refractivity contribution >= 4 is 0 Å². The number of hydrogen-bond acceptors (Lipinski definition) is 1. The van der Waals surface area contributed by atoms with E-state index < -0.39 is 5.41 Å². The van der Waals surface area contributed by atoms with Gasteiger partial charge in [0.15, 0.2) is 0 Å². The minimum Gasteiger partial charge on any atom is -0.197 e. The molecule has 0 unspecified atom stereocenters. The number of benzene rings is 2. The molecule has 0 heterocycles. The Morgan fingerprint density at radius 2 is 1.33 bits per heavy atom.